The first-order chi connectivity index (χ1) is 8.13. The van der Waals surface area contributed by atoms with Crippen LogP contribution in [0.3, 0.4) is 0 Å². The number of aliphatic hydroxyl groups excluding tert-OH is 1. The molecule has 0 saturated heterocycles. The number of hydrogen-bond donors (Lipinski definition) is 2. The van der Waals surface area contributed by atoms with E-state index >= 15 is 0 Å². The fourth-order valence-electron chi connectivity index (χ4n) is 1.25. The second kappa shape index (κ2) is 6.72. The highest BCUT2D eigenvalue weighted by Crippen LogP contribution is 2.03. The van der Waals surface area contributed by atoms with Crippen molar-refractivity contribution in [2.45, 2.75) is 13.8 Å². The van der Waals surface area contributed by atoms with E-state index in [1.54, 1.807) is 24.3 Å². The normalized spacial score (nSPS) is 9.65. The molecule has 0 unspecified atom stereocenters. The van der Waals surface area contributed by atoms with Crippen molar-refractivity contribution in [1.29, 1.82) is 0 Å². The molecule has 17 heavy (non-hydrogen) atoms. The average Bonchev–Trinajstić information content (AvgIpc) is 2.34. The Morgan fingerprint density at radius 3 is 2.53 bits per heavy atom. The van der Waals surface area contributed by atoms with Crippen LogP contribution in [0.15, 0.2) is 24.3 Å². The van der Waals surface area contributed by atoms with Crippen molar-refractivity contribution in [3.63, 3.8) is 0 Å². The van der Waals surface area contributed by atoms with Crippen LogP contribution in [-0.2, 0) is 0 Å². The first-order valence-electron chi connectivity index (χ1n) is 5.61. The predicted octanol–water partition coefficient (Wildman–Crippen LogP) is 1.42. The van der Waals surface area contributed by atoms with E-state index in [2.05, 4.69) is 17.2 Å². The Labute approximate surface area is 102 Å². The lowest BCUT2D eigenvalue weighted by Crippen LogP contribution is -2.27. The van der Waals surface area contributed by atoms with Gasteiger partial charge < -0.3 is 10.4 Å². The van der Waals surface area contributed by atoms with Crippen LogP contribution in [0.25, 0.3) is 0 Å². The Balaban J connectivity index is 2.64. The highest BCUT2D eigenvalue weighted by molar-refractivity contribution is 5.94. The summed E-state index contributed by atoms with van der Waals surface area (Å²) in [4.78, 5) is 11.7. The minimum Gasteiger partial charge on any atom is -0.384 e. The molecule has 0 aromatic heterocycles. The van der Waals surface area contributed by atoms with Crippen molar-refractivity contribution in [2.24, 2.45) is 5.92 Å². The van der Waals surface area contributed by atoms with Gasteiger partial charge in [0.1, 0.15) is 6.61 Å². The van der Waals surface area contributed by atoms with Crippen LogP contribution in [0.2, 0.25) is 0 Å². The third kappa shape index (κ3) is 4.71. The molecule has 3 heteroatoms. The van der Waals surface area contributed by atoms with E-state index in [9.17, 15) is 4.79 Å². The summed E-state index contributed by atoms with van der Waals surface area (Å²) in [6.07, 6.45) is 0. The Bertz CT molecular complexity index is 424. The van der Waals surface area contributed by atoms with Gasteiger partial charge in [0.15, 0.2) is 0 Å². The minimum atomic E-state index is -0.156. The van der Waals surface area contributed by atoms with Crippen molar-refractivity contribution >= 4 is 5.91 Å². The predicted molar refractivity (Wildman–Crippen MR) is 67.6 cm³/mol. The molecule has 0 aliphatic heterocycles. The van der Waals surface area contributed by atoms with Crippen LogP contribution in [-0.4, -0.2) is 24.2 Å². The van der Waals surface area contributed by atoms with E-state index in [4.69, 9.17) is 5.11 Å². The molecule has 0 heterocycles. The van der Waals surface area contributed by atoms with Gasteiger partial charge in [-0.1, -0.05) is 25.7 Å². The molecule has 0 aliphatic rings. The van der Waals surface area contributed by atoms with Crippen molar-refractivity contribution in [3.8, 4) is 11.8 Å². The molecule has 90 valence electrons. The molecule has 3 nitrogen and oxygen atoms in total. The van der Waals surface area contributed by atoms with E-state index in [0.29, 0.717) is 18.0 Å². The zero-order valence-electron chi connectivity index (χ0n) is 10.2. The van der Waals surface area contributed by atoms with Gasteiger partial charge in [-0.25, -0.2) is 0 Å². The van der Waals surface area contributed by atoms with Gasteiger partial charge in [0.2, 0.25) is 0 Å². The van der Waals surface area contributed by atoms with Gasteiger partial charge in [-0.3, -0.25) is 4.79 Å². The number of benzene rings is 1. The number of carbonyl (C=O) groups excluding carboxylic acids is 1. The van der Waals surface area contributed by atoms with Gasteiger partial charge in [0.05, 0.1) is 0 Å². The topological polar surface area (TPSA) is 49.3 Å². The van der Waals surface area contributed by atoms with Crippen LogP contribution < -0.4 is 5.32 Å². The summed E-state index contributed by atoms with van der Waals surface area (Å²) in [7, 11) is 0. The molecule has 0 fully saturated rings. The number of nitrogens with one attached hydrogen (secondary N) is 1. The van der Waals surface area contributed by atoms with Gasteiger partial charge in [-0.15, -0.1) is 0 Å². The van der Waals surface area contributed by atoms with Crippen molar-refractivity contribution in [2.75, 3.05) is 13.2 Å². The standard InChI is InChI=1S/C14H17NO2/c1-11(2)10-15-14(17)13-7-5-12(6-8-13)4-3-9-16/h5-8,11,16H,9-10H2,1-2H3,(H,15,17). The molecule has 0 atom stereocenters. The molecular weight excluding hydrogens is 214 g/mol. The fraction of sp³-hybridized carbons (Fsp3) is 0.357. The van der Waals surface area contributed by atoms with E-state index in [1.165, 1.54) is 0 Å². The lowest BCUT2D eigenvalue weighted by atomic mass is 10.1. The quantitative estimate of drug-likeness (QED) is 0.773. The van der Waals surface area contributed by atoms with E-state index in [0.717, 1.165) is 5.56 Å². The highest BCUT2D eigenvalue weighted by atomic mass is 16.2. The second-order valence-electron chi connectivity index (χ2n) is 4.14. The SMILES string of the molecule is CC(C)CNC(=O)c1ccc(C#CCO)cc1. The van der Waals surface area contributed by atoms with Crippen LogP contribution >= 0.6 is 0 Å². The second-order valence-corrected chi connectivity index (χ2v) is 4.14. The largest absolute Gasteiger partial charge is 0.384 e. The van der Waals surface area contributed by atoms with Crippen molar-refractivity contribution < 1.29 is 9.90 Å². The van der Waals surface area contributed by atoms with Gasteiger partial charge >= 0.3 is 0 Å². The Hall–Kier alpha value is -1.79. The number of amides is 1. The van der Waals surface area contributed by atoms with Crippen molar-refractivity contribution in [1.82, 2.24) is 5.32 Å². The summed E-state index contributed by atoms with van der Waals surface area (Å²) in [5.41, 5.74) is 1.42. The molecule has 2 N–H and O–H groups in total. The van der Waals surface area contributed by atoms with Gasteiger partial charge in [0, 0.05) is 17.7 Å². The summed E-state index contributed by atoms with van der Waals surface area (Å²) in [5.74, 6) is 5.71. The Morgan fingerprint density at radius 1 is 1.35 bits per heavy atom. The number of carbonyl (C=O) groups is 1. The molecule has 0 bridgehead atoms. The molecule has 1 aromatic rings. The van der Waals surface area contributed by atoms with Crippen LogP contribution in [0.1, 0.15) is 29.8 Å². The monoisotopic (exact) mass is 231 g/mol. The minimum absolute atomic E-state index is 0.0691. The highest BCUT2D eigenvalue weighted by Gasteiger charge is 2.04. The third-order valence-corrected chi connectivity index (χ3v) is 2.13. The van der Waals surface area contributed by atoms with E-state index in [1.807, 2.05) is 13.8 Å². The van der Waals surface area contributed by atoms with Crippen molar-refractivity contribution in [3.05, 3.63) is 35.4 Å². The zero-order chi connectivity index (χ0) is 12.7. The number of hydrogen-bond acceptors (Lipinski definition) is 2. The molecule has 0 saturated carbocycles. The molecule has 1 rings (SSSR count). The maximum atomic E-state index is 11.7. The Morgan fingerprint density at radius 2 is 2.00 bits per heavy atom. The van der Waals surface area contributed by atoms with Gasteiger partial charge in [0.25, 0.3) is 5.91 Å². The molecule has 0 aliphatic carbocycles. The molecule has 0 radical (unpaired) electrons. The average molecular weight is 231 g/mol. The van der Waals surface area contributed by atoms with Gasteiger partial charge in [-0.2, -0.15) is 0 Å². The van der Waals surface area contributed by atoms with E-state index < -0.39 is 0 Å². The fourth-order valence-corrected chi connectivity index (χ4v) is 1.25. The maximum Gasteiger partial charge on any atom is 0.251 e. The number of rotatable bonds is 3. The summed E-state index contributed by atoms with van der Waals surface area (Å²) in [5, 5.41) is 11.4. The third-order valence-electron chi connectivity index (χ3n) is 2.13. The van der Waals surface area contributed by atoms with Crippen LogP contribution in [0.4, 0.5) is 0 Å². The molecule has 0 spiro atoms. The molecule has 1 amide bonds. The lowest BCUT2D eigenvalue weighted by molar-refractivity contribution is 0.0949. The first kappa shape index (κ1) is 13.3. The van der Waals surface area contributed by atoms with Crippen LogP contribution in [0, 0.1) is 17.8 Å². The molecular formula is C14H17NO2. The van der Waals surface area contributed by atoms with Gasteiger partial charge in [-0.05, 0) is 30.2 Å². The zero-order valence-corrected chi connectivity index (χ0v) is 10.2. The maximum absolute atomic E-state index is 11.7. The Kier molecular flexibility index (Phi) is 5.25. The van der Waals surface area contributed by atoms with E-state index in [-0.39, 0.29) is 12.5 Å². The lowest BCUT2D eigenvalue weighted by Gasteiger charge is -2.07. The van der Waals surface area contributed by atoms with Crippen LogP contribution in [0.5, 0.6) is 0 Å². The number of aliphatic hydroxyl groups is 1. The summed E-state index contributed by atoms with van der Waals surface area (Å²) in [6, 6.07) is 7.01. The summed E-state index contributed by atoms with van der Waals surface area (Å²) < 4.78 is 0. The smallest absolute Gasteiger partial charge is 0.251 e. The molecule has 1 aromatic carbocycles. The first-order valence-corrected chi connectivity index (χ1v) is 5.61. The summed E-state index contributed by atoms with van der Waals surface area (Å²) >= 11 is 0. The summed E-state index contributed by atoms with van der Waals surface area (Å²) in [6.45, 7) is 4.61.